The summed E-state index contributed by atoms with van der Waals surface area (Å²) in [5.74, 6) is -0.815. The molecule has 9 nitrogen and oxygen atoms in total. The zero-order valence-electron chi connectivity index (χ0n) is 17.1. The number of hydrogen-bond acceptors (Lipinski definition) is 8. The van der Waals surface area contributed by atoms with Crippen molar-refractivity contribution in [3.63, 3.8) is 0 Å². The number of benzene rings is 1. The molecule has 1 aromatic carbocycles. The summed E-state index contributed by atoms with van der Waals surface area (Å²) >= 11 is 0. The van der Waals surface area contributed by atoms with Crippen molar-refractivity contribution < 1.29 is 26.4 Å². The first-order valence-electron chi connectivity index (χ1n) is 9.51. The second kappa shape index (κ2) is 8.31. The predicted octanol–water partition coefficient (Wildman–Crippen LogP) is 3.14. The van der Waals surface area contributed by atoms with Crippen LogP contribution in [0.1, 0.15) is 16.7 Å². The summed E-state index contributed by atoms with van der Waals surface area (Å²) in [7, 11) is -3.53. The number of nitrogens with one attached hydrogen (secondary N) is 3. The third kappa shape index (κ3) is 5.03. The van der Waals surface area contributed by atoms with E-state index in [-0.39, 0.29) is 29.7 Å². The van der Waals surface area contributed by atoms with Crippen LogP contribution in [0.15, 0.2) is 47.8 Å². The van der Waals surface area contributed by atoms with Crippen LogP contribution in [0, 0.1) is 0 Å². The number of aromatic nitrogens is 3. The largest absolute Gasteiger partial charge is 0.421 e. The molecule has 0 radical (unpaired) electrons. The number of halogens is 3. The second-order valence-electron chi connectivity index (χ2n) is 7.30. The maximum Gasteiger partial charge on any atom is 0.421 e. The lowest BCUT2D eigenvalue weighted by molar-refractivity contribution is -0.137. The topological polar surface area (TPSA) is 126 Å². The first-order valence-corrected chi connectivity index (χ1v) is 11.4. The molecule has 2 aromatic heterocycles. The molecule has 3 heterocycles. The fourth-order valence-corrected chi connectivity index (χ4v) is 3.83. The normalized spacial score (nSPS) is 13.4. The van der Waals surface area contributed by atoms with Crippen molar-refractivity contribution in [3.8, 4) is 0 Å². The third-order valence-corrected chi connectivity index (χ3v) is 5.84. The molecule has 1 amide bonds. The number of carbonyl (C=O) groups excluding carboxylic acids is 1. The highest BCUT2D eigenvalue weighted by Gasteiger charge is 2.35. The molecule has 0 fully saturated rings. The summed E-state index contributed by atoms with van der Waals surface area (Å²) in [6, 6.07) is 6.42. The summed E-state index contributed by atoms with van der Waals surface area (Å²) in [6.07, 6.45) is -0.379. The van der Waals surface area contributed by atoms with Crippen molar-refractivity contribution in [3.05, 3.63) is 59.5 Å². The highest BCUT2D eigenvalue weighted by Crippen LogP contribution is 2.36. The maximum atomic E-state index is 13.5. The van der Waals surface area contributed by atoms with Gasteiger partial charge in [0, 0.05) is 31.4 Å². The smallest absolute Gasteiger partial charge is 0.365 e. The molecule has 0 saturated carbocycles. The van der Waals surface area contributed by atoms with Gasteiger partial charge >= 0.3 is 6.18 Å². The minimum absolute atomic E-state index is 0.0529. The number of nitrogens with zero attached hydrogens (tertiary/aromatic N) is 3. The number of fused-ring (bicyclic) bond motifs is 1. The fourth-order valence-electron chi connectivity index (χ4n) is 3.21. The Morgan fingerprint density at radius 1 is 1.18 bits per heavy atom. The molecule has 0 unspecified atom stereocenters. The van der Waals surface area contributed by atoms with Crippen LogP contribution < -0.4 is 16.0 Å². The zero-order chi connectivity index (χ0) is 23.8. The van der Waals surface area contributed by atoms with Crippen LogP contribution in [-0.2, 0) is 33.8 Å². The number of pyridine rings is 1. The van der Waals surface area contributed by atoms with Crippen LogP contribution in [-0.4, -0.2) is 35.5 Å². The molecule has 1 aliphatic heterocycles. The number of amides is 1. The van der Waals surface area contributed by atoms with Crippen LogP contribution in [0.5, 0.6) is 0 Å². The maximum absolute atomic E-state index is 13.5. The highest BCUT2D eigenvalue weighted by molar-refractivity contribution is 7.90. The van der Waals surface area contributed by atoms with Gasteiger partial charge in [-0.05, 0) is 23.3 Å². The molecular weight excluding hydrogens is 461 g/mol. The van der Waals surface area contributed by atoms with Gasteiger partial charge in [0.2, 0.25) is 11.9 Å². The Hall–Kier alpha value is -3.74. The Morgan fingerprint density at radius 2 is 1.97 bits per heavy atom. The van der Waals surface area contributed by atoms with E-state index in [2.05, 4.69) is 30.9 Å². The first-order chi connectivity index (χ1) is 15.5. The summed E-state index contributed by atoms with van der Waals surface area (Å²) in [5, 5.41) is 8.11. The van der Waals surface area contributed by atoms with E-state index in [4.69, 9.17) is 0 Å². The molecule has 13 heteroatoms. The van der Waals surface area contributed by atoms with Crippen molar-refractivity contribution in [2.45, 2.75) is 24.0 Å². The molecule has 1 aliphatic rings. The number of anilines is 4. The third-order valence-electron chi connectivity index (χ3n) is 4.76. The van der Waals surface area contributed by atoms with Gasteiger partial charge in [0.25, 0.3) is 0 Å². The van der Waals surface area contributed by atoms with Crippen LogP contribution in [0.4, 0.5) is 36.3 Å². The number of rotatable bonds is 6. The van der Waals surface area contributed by atoms with Crippen molar-refractivity contribution >= 4 is 38.9 Å². The van der Waals surface area contributed by atoms with E-state index >= 15 is 0 Å². The van der Waals surface area contributed by atoms with E-state index in [1.54, 1.807) is 18.2 Å². The van der Waals surface area contributed by atoms with Crippen LogP contribution in [0.2, 0.25) is 0 Å². The SMILES string of the molecule is CS(=O)(=O)c1cncc(CNc2nc(Nc3cccc4c3NC(=O)C4)ncc2C(F)(F)F)c1. The van der Waals surface area contributed by atoms with Crippen molar-refractivity contribution in [1.82, 2.24) is 15.0 Å². The number of carbonyl (C=O) groups is 1. The predicted molar refractivity (Wildman–Crippen MR) is 114 cm³/mol. The highest BCUT2D eigenvalue weighted by atomic mass is 32.2. The van der Waals surface area contributed by atoms with Crippen molar-refractivity contribution in [1.29, 1.82) is 0 Å². The van der Waals surface area contributed by atoms with Gasteiger partial charge in [-0.2, -0.15) is 18.2 Å². The van der Waals surface area contributed by atoms with Gasteiger partial charge in [0.05, 0.1) is 22.7 Å². The minimum Gasteiger partial charge on any atom is -0.365 e. The number of sulfone groups is 1. The summed E-state index contributed by atoms with van der Waals surface area (Å²) < 4.78 is 63.9. The Balaban J connectivity index is 1.62. The van der Waals surface area contributed by atoms with Gasteiger partial charge in [0.15, 0.2) is 9.84 Å². The van der Waals surface area contributed by atoms with Gasteiger partial charge in [0.1, 0.15) is 11.4 Å². The minimum atomic E-state index is -4.73. The van der Waals surface area contributed by atoms with E-state index in [1.165, 1.54) is 12.3 Å². The molecular formula is C20H17F3N6O3S. The molecule has 0 spiro atoms. The second-order valence-corrected chi connectivity index (χ2v) is 9.31. The van der Waals surface area contributed by atoms with Gasteiger partial charge in [-0.3, -0.25) is 9.78 Å². The molecule has 0 atom stereocenters. The van der Waals surface area contributed by atoms with E-state index in [1.807, 2.05) is 0 Å². The molecule has 3 aromatic rings. The van der Waals surface area contributed by atoms with Crippen molar-refractivity contribution in [2.75, 3.05) is 22.2 Å². The van der Waals surface area contributed by atoms with E-state index in [9.17, 15) is 26.4 Å². The summed E-state index contributed by atoms with van der Waals surface area (Å²) in [6.45, 7) is -0.160. The van der Waals surface area contributed by atoms with Gasteiger partial charge in [-0.15, -0.1) is 0 Å². The standard InChI is InChI=1S/C20H17F3N6O3S/c1-33(31,32)13-5-11(7-24-9-13)8-25-18-14(20(21,22)23)10-26-19(29-18)27-15-4-2-3-12-6-16(30)28-17(12)15/h2-5,7,9-10H,6,8H2,1H3,(H,28,30)(H2,25,26,27,29). The van der Waals surface area contributed by atoms with Gasteiger partial charge < -0.3 is 16.0 Å². The molecule has 33 heavy (non-hydrogen) atoms. The lowest BCUT2D eigenvalue weighted by Crippen LogP contribution is -2.15. The monoisotopic (exact) mass is 478 g/mol. The quantitative estimate of drug-likeness (QED) is 0.493. The molecule has 0 bridgehead atoms. The Morgan fingerprint density at radius 3 is 2.70 bits per heavy atom. The average molecular weight is 478 g/mol. The average Bonchev–Trinajstić information content (AvgIpc) is 3.12. The number of alkyl halides is 3. The van der Waals surface area contributed by atoms with Crippen molar-refractivity contribution in [2.24, 2.45) is 0 Å². The zero-order valence-corrected chi connectivity index (χ0v) is 17.9. The Labute approximate surface area is 186 Å². The lowest BCUT2D eigenvalue weighted by atomic mass is 10.1. The number of hydrogen-bond donors (Lipinski definition) is 3. The number of para-hydroxylation sites is 1. The van der Waals surface area contributed by atoms with Crippen LogP contribution >= 0.6 is 0 Å². The molecule has 0 aliphatic carbocycles. The Kier molecular flexibility index (Phi) is 5.66. The van der Waals surface area contributed by atoms with Crippen LogP contribution in [0.25, 0.3) is 0 Å². The van der Waals surface area contributed by atoms with E-state index < -0.39 is 27.4 Å². The Bertz CT molecular complexity index is 1350. The first kappa shape index (κ1) is 22.5. The van der Waals surface area contributed by atoms with E-state index in [0.717, 1.165) is 18.0 Å². The lowest BCUT2D eigenvalue weighted by Gasteiger charge is -2.16. The molecule has 0 saturated heterocycles. The summed E-state index contributed by atoms with van der Waals surface area (Å²) in [5.41, 5.74) is 0.960. The van der Waals surface area contributed by atoms with Gasteiger partial charge in [-0.1, -0.05) is 12.1 Å². The molecule has 3 N–H and O–H groups in total. The fraction of sp³-hybridized carbons (Fsp3) is 0.200. The molecule has 172 valence electrons. The van der Waals surface area contributed by atoms with E-state index in [0.29, 0.717) is 23.1 Å². The van der Waals surface area contributed by atoms with Gasteiger partial charge in [-0.25, -0.2) is 13.4 Å². The molecule has 4 rings (SSSR count). The summed E-state index contributed by atoms with van der Waals surface area (Å²) in [4.78, 5) is 23.2. The van der Waals surface area contributed by atoms with Crippen LogP contribution in [0.3, 0.4) is 0 Å².